The van der Waals surface area contributed by atoms with E-state index in [9.17, 15) is 0 Å². The second-order valence-electron chi connectivity index (χ2n) is 6.25. The molecule has 3 heteroatoms. The molecule has 0 radical (unpaired) electrons. The van der Waals surface area contributed by atoms with Crippen LogP contribution in [0.3, 0.4) is 0 Å². The molecule has 0 amide bonds. The Labute approximate surface area is 125 Å². The van der Waals surface area contributed by atoms with E-state index in [1.165, 1.54) is 38.5 Å². The zero-order chi connectivity index (χ0) is 14.6. The van der Waals surface area contributed by atoms with Crippen molar-refractivity contribution >= 4 is 0 Å². The first-order valence-corrected chi connectivity index (χ1v) is 8.49. The highest BCUT2D eigenvalue weighted by atomic mass is 16.5. The molecule has 1 atom stereocenters. The third kappa shape index (κ3) is 8.93. The Morgan fingerprint density at radius 3 is 2.40 bits per heavy atom. The van der Waals surface area contributed by atoms with Gasteiger partial charge in [0.05, 0.1) is 6.10 Å². The highest BCUT2D eigenvalue weighted by Gasteiger charge is 2.15. The summed E-state index contributed by atoms with van der Waals surface area (Å²) in [5.74, 6) is 1.65. The van der Waals surface area contributed by atoms with E-state index in [0.29, 0.717) is 6.10 Å². The topological polar surface area (TPSA) is 27.7 Å². The fourth-order valence-electron chi connectivity index (χ4n) is 2.71. The monoisotopic (exact) mass is 286 g/mol. The van der Waals surface area contributed by atoms with Crippen LogP contribution in [0.2, 0.25) is 0 Å². The molecule has 20 heavy (non-hydrogen) atoms. The Morgan fingerprint density at radius 2 is 1.85 bits per heavy atom. The summed E-state index contributed by atoms with van der Waals surface area (Å²) in [5.41, 5.74) is 0. The van der Waals surface area contributed by atoms with Gasteiger partial charge in [0.25, 0.3) is 0 Å². The van der Waals surface area contributed by atoms with Crippen LogP contribution in [0.1, 0.15) is 59.3 Å². The van der Waals surface area contributed by atoms with Crippen LogP contribution in [0.25, 0.3) is 0 Å². The van der Waals surface area contributed by atoms with Crippen molar-refractivity contribution < 1.29 is 14.2 Å². The fourth-order valence-corrected chi connectivity index (χ4v) is 2.71. The Kier molecular flexibility index (Phi) is 10.3. The molecule has 2 fully saturated rings. The van der Waals surface area contributed by atoms with E-state index in [4.69, 9.17) is 14.2 Å². The minimum atomic E-state index is 0.417. The van der Waals surface area contributed by atoms with E-state index < -0.39 is 0 Å². The van der Waals surface area contributed by atoms with Gasteiger partial charge in [-0.15, -0.1) is 0 Å². The summed E-state index contributed by atoms with van der Waals surface area (Å²) >= 11 is 0. The number of ether oxygens (including phenoxy) is 3. The van der Waals surface area contributed by atoms with E-state index in [2.05, 4.69) is 13.8 Å². The average molecular weight is 286 g/mol. The predicted octanol–water partition coefficient (Wildman–Crippen LogP) is 4.05. The summed E-state index contributed by atoms with van der Waals surface area (Å²) in [6, 6.07) is 0. The number of hydrogen-bond donors (Lipinski definition) is 0. The summed E-state index contributed by atoms with van der Waals surface area (Å²) in [6.45, 7) is 10.9. The van der Waals surface area contributed by atoms with Crippen LogP contribution in [0.15, 0.2) is 0 Å². The van der Waals surface area contributed by atoms with Gasteiger partial charge in [0, 0.05) is 33.0 Å². The first-order chi connectivity index (χ1) is 9.72. The molecule has 1 saturated heterocycles. The van der Waals surface area contributed by atoms with E-state index >= 15 is 0 Å². The molecule has 1 aliphatic heterocycles. The van der Waals surface area contributed by atoms with Crippen LogP contribution in [0.4, 0.5) is 0 Å². The van der Waals surface area contributed by atoms with Gasteiger partial charge in [-0.2, -0.15) is 0 Å². The molecule has 1 aliphatic carbocycles. The zero-order valence-corrected chi connectivity index (χ0v) is 13.7. The van der Waals surface area contributed by atoms with Gasteiger partial charge in [-0.05, 0) is 58.3 Å². The second-order valence-corrected chi connectivity index (χ2v) is 6.25. The van der Waals surface area contributed by atoms with Gasteiger partial charge in [-0.3, -0.25) is 0 Å². The van der Waals surface area contributed by atoms with Crippen LogP contribution in [0, 0.1) is 11.8 Å². The summed E-state index contributed by atoms with van der Waals surface area (Å²) in [6.07, 6.45) is 8.46. The van der Waals surface area contributed by atoms with Crippen LogP contribution < -0.4 is 0 Å². The molecule has 2 aliphatic rings. The molecule has 1 heterocycles. The average Bonchev–Trinajstić information content (AvgIpc) is 3.11. The van der Waals surface area contributed by atoms with Gasteiger partial charge in [0.15, 0.2) is 0 Å². The van der Waals surface area contributed by atoms with Gasteiger partial charge in [-0.25, -0.2) is 0 Å². The van der Waals surface area contributed by atoms with Crippen molar-refractivity contribution in [1.29, 1.82) is 0 Å². The van der Waals surface area contributed by atoms with Crippen molar-refractivity contribution in [1.82, 2.24) is 0 Å². The number of hydrogen-bond acceptors (Lipinski definition) is 3. The third-order valence-electron chi connectivity index (χ3n) is 4.04. The second kappa shape index (κ2) is 11.5. The summed E-state index contributed by atoms with van der Waals surface area (Å²) < 4.78 is 16.0. The normalized spacial score (nSPS) is 23.1. The summed E-state index contributed by atoms with van der Waals surface area (Å²) in [5, 5.41) is 0. The number of rotatable bonds is 7. The minimum Gasteiger partial charge on any atom is -0.382 e. The van der Waals surface area contributed by atoms with Crippen molar-refractivity contribution in [2.45, 2.75) is 65.4 Å². The molecule has 0 N–H and O–H groups in total. The van der Waals surface area contributed by atoms with Gasteiger partial charge in [0.1, 0.15) is 0 Å². The van der Waals surface area contributed by atoms with Gasteiger partial charge < -0.3 is 14.2 Å². The van der Waals surface area contributed by atoms with Gasteiger partial charge >= 0.3 is 0 Å². The minimum absolute atomic E-state index is 0.417. The van der Waals surface area contributed by atoms with E-state index in [-0.39, 0.29) is 0 Å². The van der Waals surface area contributed by atoms with Crippen LogP contribution >= 0.6 is 0 Å². The lowest BCUT2D eigenvalue weighted by molar-refractivity contribution is 0.0527. The molecule has 120 valence electrons. The molecular weight excluding hydrogens is 252 g/mol. The van der Waals surface area contributed by atoms with Crippen LogP contribution in [0.5, 0.6) is 0 Å². The quantitative estimate of drug-likeness (QED) is 0.661. The maximum Gasteiger partial charge on any atom is 0.0519 e. The Hall–Kier alpha value is -0.120. The largest absolute Gasteiger partial charge is 0.382 e. The molecule has 0 aromatic rings. The molecular formula is C17H34O3. The van der Waals surface area contributed by atoms with E-state index in [0.717, 1.165) is 44.9 Å². The smallest absolute Gasteiger partial charge is 0.0519 e. The highest BCUT2D eigenvalue weighted by molar-refractivity contribution is 4.66. The summed E-state index contributed by atoms with van der Waals surface area (Å²) in [7, 11) is 0. The van der Waals surface area contributed by atoms with Crippen LogP contribution in [-0.2, 0) is 14.2 Å². The first-order valence-electron chi connectivity index (χ1n) is 8.49. The first kappa shape index (κ1) is 17.9. The third-order valence-corrected chi connectivity index (χ3v) is 4.04. The SMILES string of the molecule is CC(C)OCC1CCCC1.CCOCCC1CCOC1. The predicted molar refractivity (Wildman–Crippen MR) is 83.1 cm³/mol. The van der Waals surface area contributed by atoms with Crippen molar-refractivity contribution in [2.75, 3.05) is 33.0 Å². The maximum atomic E-state index is 5.53. The van der Waals surface area contributed by atoms with E-state index in [1.54, 1.807) is 0 Å². The Balaban J connectivity index is 0.000000200. The van der Waals surface area contributed by atoms with E-state index in [1.807, 2.05) is 6.92 Å². The molecule has 0 bridgehead atoms. The highest BCUT2D eigenvalue weighted by Crippen LogP contribution is 2.24. The Morgan fingerprint density at radius 1 is 1.10 bits per heavy atom. The lowest BCUT2D eigenvalue weighted by Crippen LogP contribution is -2.10. The standard InChI is InChI=1S/C9H18O.C8H16O2/c1-8(2)10-7-9-5-3-4-6-9;1-2-9-5-3-8-4-6-10-7-8/h8-9H,3-7H2,1-2H3;8H,2-7H2,1H3. The molecule has 1 saturated carbocycles. The molecule has 0 aromatic heterocycles. The fraction of sp³-hybridized carbons (Fsp3) is 1.00. The maximum absolute atomic E-state index is 5.53. The molecule has 1 unspecified atom stereocenters. The van der Waals surface area contributed by atoms with Crippen molar-refractivity contribution in [3.8, 4) is 0 Å². The van der Waals surface area contributed by atoms with Gasteiger partial charge in [0.2, 0.25) is 0 Å². The summed E-state index contributed by atoms with van der Waals surface area (Å²) in [4.78, 5) is 0. The molecule has 3 nitrogen and oxygen atoms in total. The van der Waals surface area contributed by atoms with Crippen LogP contribution in [-0.4, -0.2) is 39.1 Å². The van der Waals surface area contributed by atoms with Crippen molar-refractivity contribution in [2.24, 2.45) is 11.8 Å². The van der Waals surface area contributed by atoms with Gasteiger partial charge in [-0.1, -0.05) is 12.8 Å². The molecule has 0 aromatic carbocycles. The molecule has 0 spiro atoms. The Bertz CT molecular complexity index is 206. The lowest BCUT2D eigenvalue weighted by Gasteiger charge is -2.11. The molecule has 2 rings (SSSR count). The zero-order valence-electron chi connectivity index (χ0n) is 13.7. The lowest BCUT2D eigenvalue weighted by atomic mass is 10.1. The van der Waals surface area contributed by atoms with Crippen molar-refractivity contribution in [3.05, 3.63) is 0 Å². The van der Waals surface area contributed by atoms with Crippen molar-refractivity contribution in [3.63, 3.8) is 0 Å².